The number of rotatable bonds is 3. The molecule has 8 heteroatoms. The van der Waals surface area contributed by atoms with Crippen LogP contribution in [-0.2, 0) is 14.8 Å². The number of aromatic amines is 1. The second-order valence-electron chi connectivity index (χ2n) is 12.2. The van der Waals surface area contributed by atoms with Crippen LogP contribution in [0.2, 0.25) is 0 Å². The second-order valence-corrected chi connectivity index (χ2v) is 12.2. The van der Waals surface area contributed by atoms with E-state index in [1.54, 1.807) is 4.90 Å². The molecule has 1 atom stereocenters. The molecule has 2 N–H and O–H groups in total. The fourth-order valence-corrected chi connectivity index (χ4v) is 5.69. The van der Waals surface area contributed by atoms with E-state index in [9.17, 15) is 9.90 Å². The normalized spacial score (nSPS) is 23.5. The van der Waals surface area contributed by atoms with Gasteiger partial charge in [-0.3, -0.25) is 4.90 Å². The van der Waals surface area contributed by atoms with Crippen LogP contribution < -0.4 is 5.46 Å². The maximum atomic E-state index is 12.1. The van der Waals surface area contributed by atoms with E-state index in [0.717, 1.165) is 40.3 Å². The highest BCUT2D eigenvalue weighted by molar-refractivity contribution is 6.62. The first-order chi connectivity index (χ1) is 16.7. The van der Waals surface area contributed by atoms with Crippen LogP contribution in [0.1, 0.15) is 67.1 Å². The molecule has 0 saturated carbocycles. The second kappa shape index (κ2) is 8.08. The highest BCUT2D eigenvalue weighted by atomic mass is 16.7. The van der Waals surface area contributed by atoms with E-state index in [-0.39, 0.29) is 16.6 Å². The minimum Gasteiger partial charge on any atom is -0.465 e. The van der Waals surface area contributed by atoms with Crippen molar-refractivity contribution in [2.45, 2.75) is 78.0 Å². The number of carbonyl (C=O) groups is 1. The highest BCUT2D eigenvalue weighted by Gasteiger charge is 2.55. The minimum atomic E-state index is -0.899. The summed E-state index contributed by atoms with van der Waals surface area (Å²) in [5, 5.41) is 12.1. The van der Waals surface area contributed by atoms with E-state index < -0.39 is 18.8 Å². The summed E-state index contributed by atoms with van der Waals surface area (Å²) in [6, 6.07) is 12.6. The zero-order valence-electron chi connectivity index (χ0n) is 22.3. The Bertz CT molecular complexity index is 1310. The van der Waals surface area contributed by atoms with Gasteiger partial charge in [-0.15, -0.1) is 0 Å². The van der Waals surface area contributed by atoms with Crippen LogP contribution in [0, 0.1) is 5.41 Å². The molecule has 0 bridgehead atoms. The number of benzene rings is 2. The van der Waals surface area contributed by atoms with Crippen molar-refractivity contribution in [2.75, 3.05) is 6.54 Å². The minimum absolute atomic E-state index is 0.315. The van der Waals surface area contributed by atoms with Crippen LogP contribution >= 0.6 is 0 Å². The van der Waals surface area contributed by atoms with Crippen LogP contribution in [0.5, 0.6) is 0 Å². The summed E-state index contributed by atoms with van der Waals surface area (Å²) in [5.41, 5.74) is 1.12. The number of aromatic nitrogens is 2. The van der Waals surface area contributed by atoms with Crippen molar-refractivity contribution in [3.8, 4) is 11.3 Å². The Labute approximate surface area is 213 Å². The topological polar surface area (TPSA) is 87.7 Å². The van der Waals surface area contributed by atoms with Crippen molar-refractivity contribution in [3.63, 3.8) is 0 Å². The largest absolute Gasteiger partial charge is 0.494 e. The molecular weight excluding hydrogens is 453 g/mol. The summed E-state index contributed by atoms with van der Waals surface area (Å²) in [6.45, 7) is 15.0. The van der Waals surface area contributed by atoms with Gasteiger partial charge in [0.2, 0.25) is 0 Å². The average Bonchev–Trinajstić information content (AvgIpc) is 3.49. The third kappa shape index (κ3) is 3.73. The van der Waals surface area contributed by atoms with Crippen LogP contribution in [0.4, 0.5) is 4.79 Å². The lowest BCUT2D eigenvalue weighted by molar-refractivity contribution is 0.00578. The monoisotopic (exact) mass is 489 g/mol. The molecule has 3 aromatic rings. The van der Waals surface area contributed by atoms with E-state index in [4.69, 9.17) is 14.3 Å². The van der Waals surface area contributed by atoms with E-state index in [0.29, 0.717) is 12.4 Å². The molecule has 190 valence electrons. The summed E-state index contributed by atoms with van der Waals surface area (Å²) in [6.07, 6.45) is 2.49. The molecule has 2 saturated heterocycles. The summed E-state index contributed by atoms with van der Waals surface area (Å²) in [7, 11) is -0.397. The summed E-state index contributed by atoms with van der Waals surface area (Å²) in [5.74, 6) is 0.709. The molecule has 1 amide bonds. The van der Waals surface area contributed by atoms with Gasteiger partial charge in [-0.2, -0.15) is 0 Å². The number of carboxylic acid groups (broad SMARTS) is 1. The number of nitrogens with one attached hydrogen (secondary N) is 1. The Hall–Kier alpha value is -2.84. The van der Waals surface area contributed by atoms with E-state index >= 15 is 0 Å². The van der Waals surface area contributed by atoms with Gasteiger partial charge < -0.3 is 19.4 Å². The van der Waals surface area contributed by atoms with Crippen molar-refractivity contribution in [1.82, 2.24) is 14.9 Å². The zero-order valence-corrected chi connectivity index (χ0v) is 22.3. The lowest BCUT2D eigenvalue weighted by atomic mass is 9.71. The molecule has 2 aliphatic rings. The SMILES string of the molecule is CC1(C)OB(c2ccc3cc(-c4cnc([C@@]5(C(C)(C)C)CCCN5C(=O)O)[nH]4)ccc3c2)OC1(C)C. The summed E-state index contributed by atoms with van der Waals surface area (Å²) < 4.78 is 12.4. The van der Waals surface area contributed by atoms with Gasteiger partial charge in [0.05, 0.1) is 23.1 Å². The lowest BCUT2D eigenvalue weighted by Crippen LogP contribution is -2.53. The number of likely N-dealkylation sites (tertiary alicyclic amines) is 1. The fraction of sp³-hybridized carbons (Fsp3) is 0.500. The van der Waals surface area contributed by atoms with Gasteiger partial charge in [-0.1, -0.05) is 51.1 Å². The number of amides is 1. The molecule has 0 spiro atoms. The maximum Gasteiger partial charge on any atom is 0.494 e. The summed E-state index contributed by atoms with van der Waals surface area (Å²) >= 11 is 0. The van der Waals surface area contributed by atoms with E-state index in [1.165, 1.54) is 0 Å². The Morgan fingerprint density at radius 3 is 2.33 bits per heavy atom. The zero-order chi connectivity index (χ0) is 26.1. The van der Waals surface area contributed by atoms with Gasteiger partial charge in [0.1, 0.15) is 11.4 Å². The Morgan fingerprint density at radius 2 is 1.69 bits per heavy atom. The lowest BCUT2D eigenvalue weighted by Gasteiger charge is -2.45. The molecule has 0 unspecified atom stereocenters. The van der Waals surface area contributed by atoms with Crippen LogP contribution in [0.15, 0.2) is 42.6 Å². The van der Waals surface area contributed by atoms with Gasteiger partial charge in [-0.25, -0.2) is 9.78 Å². The van der Waals surface area contributed by atoms with Crippen molar-refractivity contribution < 1.29 is 19.2 Å². The van der Waals surface area contributed by atoms with Gasteiger partial charge in [0, 0.05) is 12.1 Å². The first-order valence-corrected chi connectivity index (χ1v) is 12.7. The van der Waals surface area contributed by atoms with Gasteiger partial charge >= 0.3 is 13.2 Å². The van der Waals surface area contributed by atoms with Crippen molar-refractivity contribution in [3.05, 3.63) is 48.4 Å². The first-order valence-electron chi connectivity index (χ1n) is 12.7. The molecule has 2 aliphatic heterocycles. The third-order valence-electron chi connectivity index (χ3n) is 8.52. The molecule has 36 heavy (non-hydrogen) atoms. The van der Waals surface area contributed by atoms with E-state index in [1.807, 2.05) is 6.20 Å². The number of hydrogen-bond acceptors (Lipinski definition) is 4. The molecule has 0 radical (unpaired) electrons. The predicted octanol–water partition coefficient (Wildman–Crippen LogP) is 5.54. The average molecular weight is 489 g/mol. The first kappa shape index (κ1) is 24.8. The van der Waals surface area contributed by atoms with E-state index in [2.05, 4.69) is 89.8 Å². The maximum absolute atomic E-state index is 12.1. The molecule has 7 nitrogen and oxygen atoms in total. The van der Waals surface area contributed by atoms with Crippen LogP contribution in [0.3, 0.4) is 0 Å². The van der Waals surface area contributed by atoms with Crippen LogP contribution in [0.25, 0.3) is 22.0 Å². The molecule has 2 aromatic carbocycles. The Balaban J connectivity index is 1.47. The van der Waals surface area contributed by atoms with Gasteiger partial charge in [0.15, 0.2) is 0 Å². The standard InChI is InChI=1S/C28H36BN3O4/c1-25(2,3)28(13-8-14-32(28)24(33)34)23-30-17-22(31-23)20-10-9-19-16-21(12-11-18(19)15-20)29-35-26(4,5)27(6,7)36-29/h9-12,15-17H,8,13-14H2,1-7H3,(H,30,31)(H,33,34)/t28-/m1/s1. The molecule has 3 heterocycles. The predicted molar refractivity (Wildman–Crippen MR) is 142 cm³/mol. The van der Waals surface area contributed by atoms with Crippen molar-refractivity contribution >= 4 is 29.4 Å². The smallest absolute Gasteiger partial charge is 0.465 e. The van der Waals surface area contributed by atoms with Crippen molar-refractivity contribution in [2.24, 2.45) is 5.41 Å². The molecular formula is C28H36BN3O4. The number of imidazole rings is 1. The van der Waals surface area contributed by atoms with Gasteiger partial charge in [-0.05, 0) is 68.3 Å². The van der Waals surface area contributed by atoms with Gasteiger partial charge in [0.25, 0.3) is 0 Å². The number of hydrogen-bond donors (Lipinski definition) is 2. The number of H-pyrrole nitrogens is 1. The third-order valence-corrected chi connectivity index (χ3v) is 8.52. The molecule has 5 rings (SSSR count). The summed E-state index contributed by atoms with van der Waals surface area (Å²) in [4.78, 5) is 21.9. The number of nitrogens with zero attached hydrogens (tertiary/aromatic N) is 2. The molecule has 2 fully saturated rings. The molecule has 1 aromatic heterocycles. The highest BCUT2D eigenvalue weighted by Crippen LogP contribution is 2.50. The Kier molecular flexibility index (Phi) is 5.58. The molecule has 0 aliphatic carbocycles. The Morgan fingerprint density at radius 1 is 1.06 bits per heavy atom. The fourth-order valence-electron chi connectivity index (χ4n) is 5.69. The van der Waals surface area contributed by atoms with Crippen molar-refractivity contribution in [1.29, 1.82) is 0 Å². The number of fused-ring (bicyclic) bond motifs is 1. The quantitative estimate of drug-likeness (QED) is 0.472. The van der Waals surface area contributed by atoms with Crippen LogP contribution in [-0.4, -0.2) is 50.9 Å².